The smallest absolute Gasteiger partial charge is 0.270 e. The molecule has 1 aromatic heterocycles. The number of anilines is 1. The molecule has 0 atom stereocenters. The lowest BCUT2D eigenvalue weighted by molar-refractivity contribution is -0.384. The molecule has 0 fully saturated rings. The Morgan fingerprint density at radius 2 is 1.96 bits per heavy atom. The van der Waals surface area contributed by atoms with Crippen LogP contribution in [0.25, 0.3) is 17.3 Å². The summed E-state index contributed by atoms with van der Waals surface area (Å²) in [7, 11) is 0. The molecule has 0 aliphatic rings. The van der Waals surface area contributed by atoms with Gasteiger partial charge in [0.2, 0.25) is 5.91 Å². The van der Waals surface area contributed by atoms with Crippen LogP contribution in [0.3, 0.4) is 0 Å². The van der Waals surface area contributed by atoms with Crippen molar-refractivity contribution >= 4 is 34.1 Å². The fourth-order valence-electron chi connectivity index (χ4n) is 2.37. The van der Waals surface area contributed by atoms with Crippen LogP contribution in [0.5, 0.6) is 0 Å². The average molecular weight is 365 g/mol. The number of amides is 1. The van der Waals surface area contributed by atoms with Crippen LogP contribution in [0, 0.1) is 17.0 Å². The monoisotopic (exact) mass is 365 g/mol. The molecule has 7 heteroatoms. The third-order valence-electron chi connectivity index (χ3n) is 3.58. The molecular weight excluding hydrogens is 350 g/mol. The summed E-state index contributed by atoms with van der Waals surface area (Å²) in [4.78, 5) is 27.9. The highest BCUT2D eigenvalue weighted by Gasteiger charge is 2.11. The van der Waals surface area contributed by atoms with E-state index in [0.717, 1.165) is 16.1 Å². The number of hydrogen-bond acceptors (Lipinski definition) is 5. The number of nitrogens with zero attached hydrogens (tertiary/aromatic N) is 2. The van der Waals surface area contributed by atoms with Gasteiger partial charge < -0.3 is 0 Å². The standard InChI is InChI=1S/C19H15N3O3S/c1-13-18(15-7-3-2-4-8-15)21-19(26-13)20-17(23)11-10-14-6-5-9-16(12-14)22(24)25/h2-12H,1H3,(H,20,21,23). The molecule has 0 saturated heterocycles. The van der Waals surface area contributed by atoms with Crippen molar-refractivity contribution in [1.82, 2.24) is 4.98 Å². The number of hydrogen-bond donors (Lipinski definition) is 1. The Kier molecular flexibility index (Phi) is 5.19. The fourth-order valence-corrected chi connectivity index (χ4v) is 3.21. The summed E-state index contributed by atoms with van der Waals surface area (Å²) < 4.78 is 0. The molecule has 0 spiro atoms. The Hall–Kier alpha value is -3.32. The second-order valence-corrected chi connectivity index (χ2v) is 6.67. The zero-order valence-corrected chi connectivity index (χ0v) is 14.7. The van der Waals surface area contributed by atoms with Gasteiger partial charge in [-0.05, 0) is 18.6 Å². The minimum absolute atomic E-state index is 0.0180. The number of nitrogens with one attached hydrogen (secondary N) is 1. The lowest BCUT2D eigenvalue weighted by atomic mass is 10.1. The molecule has 0 aliphatic heterocycles. The van der Waals surface area contributed by atoms with Gasteiger partial charge in [-0.25, -0.2) is 4.98 Å². The number of nitro groups is 1. The first-order valence-corrected chi connectivity index (χ1v) is 8.61. The predicted octanol–water partition coefficient (Wildman–Crippen LogP) is 4.68. The maximum Gasteiger partial charge on any atom is 0.270 e. The van der Waals surface area contributed by atoms with Crippen LogP contribution in [0.1, 0.15) is 10.4 Å². The van der Waals surface area contributed by atoms with Crippen LogP contribution in [0.15, 0.2) is 60.7 Å². The quantitative estimate of drug-likeness (QED) is 0.404. The molecule has 1 N–H and O–H groups in total. The maximum atomic E-state index is 12.1. The Morgan fingerprint density at radius 1 is 1.19 bits per heavy atom. The van der Waals surface area contributed by atoms with Crippen molar-refractivity contribution in [1.29, 1.82) is 0 Å². The molecule has 3 aromatic rings. The van der Waals surface area contributed by atoms with Crippen LogP contribution in [-0.2, 0) is 4.79 Å². The molecular formula is C19H15N3O3S. The number of carbonyl (C=O) groups is 1. The van der Waals surface area contributed by atoms with Crippen molar-refractivity contribution in [2.75, 3.05) is 5.32 Å². The molecule has 1 amide bonds. The van der Waals surface area contributed by atoms with E-state index in [2.05, 4.69) is 10.3 Å². The molecule has 2 aromatic carbocycles. The second-order valence-electron chi connectivity index (χ2n) is 5.46. The van der Waals surface area contributed by atoms with Gasteiger partial charge >= 0.3 is 0 Å². The molecule has 0 radical (unpaired) electrons. The van der Waals surface area contributed by atoms with Crippen molar-refractivity contribution < 1.29 is 9.72 Å². The molecule has 0 bridgehead atoms. The van der Waals surface area contributed by atoms with Gasteiger partial charge in [-0.3, -0.25) is 20.2 Å². The molecule has 1 heterocycles. The minimum atomic E-state index is -0.471. The van der Waals surface area contributed by atoms with E-state index in [1.54, 1.807) is 12.1 Å². The largest absolute Gasteiger partial charge is 0.298 e. The van der Waals surface area contributed by atoms with Gasteiger partial charge in [-0.15, -0.1) is 11.3 Å². The number of non-ortho nitro benzene ring substituents is 1. The fraction of sp³-hybridized carbons (Fsp3) is 0.0526. The first-order chi connectivity index (χ1) is 12.5. The van der Waals surface area contributed by atoms with E-state index in [4.69, 9.17) is 0 Å². The molecule has 6 nitrogen and oxygen atoms in total. The summed E-state index contributed by atoms with van der Waals surface area (Å²) in [6, 6.07) is 15.8. The summed E-state index contributed by atoms with van der Waals surface area (Å²) in [6.07, 6.45) is 2.86. The number of rotatable bonds is 5. The Labute approximate surface area is 154 Å². The van der Waals surface area contributed by atoms with Crippen molar-refractivity contribution in [3.8, 4) is 11.3 Å². The molecule has 0 unspecified atom stereocenters. The van der Waals surface area contributed by atoms with Crippen molar-refractivity contribution in [3.05, 3.63) is 81.2 Å². The lowest BCUT2D eigenvalue weighted by Gasteiger charge is -1.98. The van der Waals surface area contributed by atoms with Gasteiger partial charge in [0.05, 0.1) is 10.6 Å². The third kappa shape index (κ3) is 4.20. The zero-order valence-electron chi connectivity index (χ0n) is 13.9. The van der Waals surface area contributed by atoms with Crippen LogP contribution in [0.2, 0.25) is 0 Å². The second kappa shape index (κ2) is 7.71. The summed E-state index contributed by atoms with van der Waals surface area (Å²) in [5, 5.41) is 14.0. The van der Waals surface area contributed by atoms with Crippen molar-refractivity contribution in [2.24, 2.45) is 0 Å². The maximum absolute atomic E-state index is 12.1. The molecule has 0 saturated carbocycles. The van der Waals surface area contributed by atoms with Gasteiger partial charge in [0, 0.05) is 28.6 Å². The minimum Gasteiger partial charge on any atom is -0.298 e. The number of benzene rings is 2. The summed E-state index contributed by atoms with van der Waals surface area (Å²) in [6.45, 7) is 1.95. The van der Waals surface area contributed by atoms with E-state index < -0.39 is 4.92 Å². The highest BCUT2D eigenvalue weighted by Crippen LogP contribution is 2.30. The number of carbonyl (C=O) groups excluding carboxylic acids is 1. The van der Waals surface area contributed by atoms with Gasteiger partial charge in [-0.2, -0.15) is 0 Å². The third-order valence-corrected chi connectivity index (χ3v) is 4.47. The van der Waals surface area contributed by atoms with Crippen LogP contribution in [0.4, 0.5) is 10.8 Å². The van der Waals surface area contributed by atoms with E-state index in [1.807, 2.05) is 37.3 Å². The van der Waals surface area contributed by atoms with Gasteiger partial charge in [0.1, 0.15) is 0 Å². The van der Waals surface area contributed by atoms with Gasteiger partial charge in [-0.1, -0.05) is 42.5 Å². The number of aryl methyl sites for hydroxylation is 1. The van der Waals surface area contributed by atoms with E-state index in [0.29, 0.717) is 10.7 Å². The Bertz CT molecular complexity index is 981. The molecule has 0 aliphatic carbocycles. The van der Waals surface area contributed by atoms with E-state index in [1.165, 1.54) is 35.6 Å². The summed E-state index contributed by atoms with van der Waals surface area (Å²) >= 11 is 1.40. The first-order valence-electron chi connectivity index (χ1n) is 7.79. The van der Waals surface area contributed by atoms with Crippen LogP contribution >= 0.6 is 11.3 Å². The van der Waals surface area contributed by atoms with E-state index in [9.17, 15) is 14.9 Å². The van der Waals surface area contributed by atoms with Crippen molar-refractivity contribution in [2.45, 2.75) is 6.92 Å². The van der Waals surface area contributed by atoms with E-state index >= 15 is 0 Å². The highest BCUT2D eigenvalue weighted by molar-refractivity contribution is 7.16. The normalized spacial score (nSPS) is 10.8. The van der Waals surface area contributed by atoms with Gasteiger partial charge in [0.25, 0.3) is 5.69 Å². The predicted molar refractivity (Wildman–Crippen MR) is 103 cm³/mol. The van der Waals surface area contributed by atoms with E-state index in [-0.39, 0.29) is 11.6 Å². The van der Waals surface area contributed by atoms with Crippen molar-refractivity contribution in [3.63, 3.8) is 0 Å². The average Bonchev–Trinajstić information content (AvgIpc) is 3.01. The van der Waals surface area contributed by atoms with Crippen LogP contribution < -0.4 is 5.32 Å². The molecule has 3 rings (SSSR count). The zero-order chi connectivity index (χ0) is 18.5. The number of thiazole rings is 1. The lowest BCUT2D eigenvalue weighted by Crippen LogP contribution is -2.07. The number of aromatic nitrogens is 1. The highest BCUT2D eigenvalue weighted by atomic mass is 32.1. The Morgan fingerprint density at radius 3 is 2.69 bits per heavy atom. The van der Waals surface area contributed by atoms with Gasteiger partial charge in [0.15, 0.2) is 5.13 Å². The topological polar surface area (TPSA) is 85.1 Å². The molecule has 130 valence electrons. The molecule has 26 heavy (non-hydrogen) atoms. The Balaban J connectivity index is 1.71. The number of nitro benzene ring substituents is 1. The first kappa shape index (κ1) is 17.5. The SMILES string of the molecule is Cc1sc(NC(=O)C=Cc2cccc([N+](=O)[O-])c2)nc1-c1ccccc1. The summed E-state index contributed by atoms with van der Waals surface area (Å²) in [5.74, 6) is -0.343. The van der Waals surface area contributed by atoms with Crippen LogP contribution in [-0.4, -0.2) is 15.8 Å². The summed E-state index contributed by atoms with van der Waals surface area (Å²) in [5.41, 5.74) is 2.40.